The zero-order chi connectivity index (χ0) is 9.90. The summed E-state index contributed by atoms with van der Waals surface area (Å²) in [6.45, 7) is 8.90. The van der Waals surface area contributed by atoms with Crippen LogP contribution in [0.15, 0.2) is 0 Å². The maximum Gasteiger partial charge on any atom is 0.0667 e. The van der Waals surface area contributed by atoms with Crippen LogP contribution in [0, 0.1) is 11.3 Å². The molecule has 1 saturated carbocycles. The monoisotopic (exact) mass is 185 g/mol. The van der Waals surface area contributed by atoms with Crippen LogP contribution < -0.4 is 5.32 Å². The van der Waals surface area contributed by atoms with Crippen molar-refractivity contribution in [2.45, 2.75) is 39.7 Å². The van der Waals surface area contributed by atoms with E-state index in [2.05, 4.69) is 26.1 Å². The van der Waals surface area contributed by atoms with Crippen molar-refractivity contribution in [3.8, 4) is 0 Å². The fraction of sp³-hybridized carbons (Fsp3) is 1.00. The average Bonchev–Trinajstić information content (AvgIpc) is 2.85. The Hall–Kier alpha value is -0.0800. The second-order valence-corrected chi connectivity index (χ2v) is 4.69. The lowest BCUT2D eigenvalue weighted by molar-refractivity contribution is 0.114. The number of nitrogens with one attached hydrogen (secondary N) is 1. The molecule has 1 aliphatic rings. The summed E-state index contributed by atoms with van der Waals surface area (Å²) in [4.78, 5) is 0. The highest BCUT2D eigenvalue weighted by Crippen LogP contribution is 2.51. The fourth-order valence-corrected chi connectivity index (χ4v) is 1.73. The van der Waals surface area contributed by atoms with Gasteiger partial charge >= 0.3 is 0 Å². The first-order valence-corrected chi connectivity index (χ1v) is 5.34. The molecule has 13 heavy (non-hydrogen) atoms. The third kappa shape index (κ3) is 2.96. The molecule has 2 heteroatoms. The van der Waals surface area contributed by atoms with Gasteiger partial charge in [-0.2, -0.15) is 0 Å². The summed E-state index contributed by atoms with van der Waals surface area (Å²) in [6, 6.07) is 0. The smallest absolute Gasteiger partial charge is 0.0667 e. The topological polar surface area (TPSA) is 21.3 Å². The fourth-order valence-electron chi connectivity index (χ4n) is 1.73. The summed E-state index contributed by atoms with van der Waals surface area (Å²) in [6.07, 6.45) is 3.14. The summed E-state index contributed by atoms with van der Waals surface area (Å²) < 4.78 is 5.18. The van der Waals surface area contributed by atoms with Gasteiger partial charge in [0.1, 0.15) is 0 Å². The Morgan fingerprint density at radius 3 is 2.31 bits per heavy atom. The van der Waals surface area contributed by atoms with Crippen LogP contribution in [0.2, 0.25) is 0 Å². The highest BCUT2D eigenvalue weighted by atomic mass is 16.5. The van der Waals surface area contributed by atoms with Gasteiger partial charge in [0.2, 0.25) is 0 Å². The SMILES string of the molecule is COC(C)CNCC1(C(C)C)CC1. The van der Waals surface area contributed by atoms with Crippen LogP contribution in [-0.2, 0) is 4.74 Å². The van der Waals surface area contributed by atoms with Crippen LogP contribution in [-0.4, -0.2) is 26.3 Å². The van der Waals surface area contributed by atoms with Crippen LogP contribution >= 0.6 is 0 Å². The first kappa shape index (κ1) is 11.0. The second-order valence-electron chi connectivity index (χ2n) is 4.69. The van der Waals surface area contributed by atoms with Crippen molar-refractivity contribution in [2.24, 2.45) is 11.3 Å². The van der Waals surface area contributed by atoms with E-state index in [1.807, 2.05) is 0 Å². The van der Waals surface area contributed by atoms with Crippen molar-refractivity contribution >= 4 is 0 Å². The Morgan fingerprint density at radius 1 is 1.31 bits per heavy atom. The number of methoxy groups -OCH3 is 1. The van der Waals surface area contributed by atoms with E-state index in [1.54, 1.807) is 7.11 Å². The molecule has 1 atom stereocenters. The average molecular weight is 185 g/mol. The van der Waals surface area contributed by atoms with E-state index >= 15 is 0 Å². The minimum Gasteiger partial charge on any atom is -0.380 e. The first-order valence-electron chi connectivity index (χ1n) is 5.34. The van der Waals surface area contributed by atoms with Gasteiger partial charge < -0.3 is 10.1 Å². The Labute approximate surface area is 82.0 Å². The molecule has 0 spiro atoms. The molecule has 0 saturated heterocycles. The van der Waals surface area contributed by atoms with Gasteiger partial charge in [0.05, 0.1) is 6.10 Å². The van der Waals surface area contributed by atoms with E-state index in [4.69, 9.17) is 4.74 Å². The van der Waals surface area contributed by atoms with Crippen molar-refractivity contribution in [2.75, 3.05) is 20.2 Å². The molecule has 1 fully saturated rings. The molecule has 1 rings (SSSR count). The minimum atomic E-state index is 0.336. The van der Waals surface area contributed by atoms with Crippen molar-refractivity contribution < 1.29 is 4.74 Å². The molecule has 0 aromatic carbocycles. The standard InChI is InChI=1S/C11H23NO/c1-9(2)11(5-6-11)8-12-7-10(3)13-4/h9-10,12H,5-8H2,1-4H3. The summed E-state index contributed by atoms with van der Waals surface area (Å²) in [7, 11) is 1.77. The van der Waals surface area contributed by atoms with E-state index in [9.17, 15) is 0 Å². The van der Waals surface area contributed by atoms with E-state index in [-0.39, 0.29) is 0 Å². The third-order valence-corrected chi connectivity index (χ3v) is 3.43. The van der Waals surface area contributed by atoms with Crippen molar-refractivity contribution in [1.82, 2.24) is 5.32 Å². The van der Waals surface area contributed by atoms with Crippen LogP contribution in [0.3, 0.4) is 0 Å². The second kappa shape index (κ2) is 4.43. The number of hydrogen-bond acceptors (Lipinski definition) is 2. The highest BCUT2D eigenvalue weighted by molar-refractivity contribution is 4.97. The van der Waals surface area contributed by atoms with Gasteiger partial charge in [-0.25, -0.2) is 0 Å². The maximum atomic E-state index is 5.18. The van der Waals surface area contributed by atoms with Crippen LogP contribution in [0.4, 0.5) is 0 Å². The predicted molar refractivity (Wildman–Crippen MR) is 55.8 cm³/mol. The minimum absolute atomic E-state index is 0.336. The van der Waals surface area contributed by atoms with Gasteiger partial charge in [0.25, 0.3) is 0 Å². The Kier molecular flexibility index (Phi) is 3.74. The molecule has 0 radical (unpaired) electrons. The molecule has 0 amide bonds. The molecule has 0 bridgehead atoms. The summed E-state index contributed by atoms with van der Waals surface area (Å²) >= 11 is 0. The number of hydrogen-bond donors (Lipinski definition) is 1. The first-order chi connectivity index (χ1) is 6.10. The summed E-state index contributed by atoms with van der Waals surface area (Å²) in [5.74, 6) is 0.817. The molecule has 2 nitrogen and oxygen atoms in total. The van der Waals surface area contributed by atoms with Crippen molar-refractivity contribution in [3.05, 3.63) is 0 Å². The van der Waals surface area contributed by atoms with E-state index in [0.717, 1.165) is 12.5 Å². The Morgan fingerprint density at radius 2 is 1.92 bits per heavy atom. The molecule has 0 aromatic rings. The molecular formula is C11H23NO. The van der Waals surface area contributed by atoms with E-state index in [0.29, 0.717) is 11.5 Å². The molecular weight excluding hydrogens is 162 g/mol. The molecule has 1 unspecified atom stereocenters. The summed E-state index contributed by atoms with van der Waals surface area (Å²) in [5, 5.41) is 3.50. The predicted octanol–water partition coefficient (Wildman–Crippen LogP) is 2.05. The van der Waals surface area contributed by atoms with Crippen LogP contribution in [0.5, 0.6) is 0 Å². The Balaban J connectivity index is 2.12. The van der Waals surface area contributed by atoms with Gasteiger partial charge in [0, 0.05) is 20.2 Å². The highest BCUT2D eigenvalue weighted by Gasteiger charge is 2.44. The van der Waals surface area contributed by atoms with E-state index in [1.165, 1.54) is 19.4 Å². The zero-order valence-corrected chi connectivity index (χ0v) is 9.39. The quantitative estimate of drug-likeness (QED) is 0.684. The third-order valence-electron chi connectivity index (χ3n) is 3.43. The van der Waals surface area contributed by atoms with Crippen molar-refractivity contribution in [1.29, 1.82) is 0 Å². The van der Waals surface area contributed by atoms with E-state index < -0.39 is 0 Å². The maximum absolute atomic E-state index is 5.18. The van der Waals surface area contributed by atoms with Gasteiger partial charge in [-0.05, 0) is 31.1 Å². The molecule has 78 valence electrons. The van der Waals surface area contributed by atoms with Gasteiger partial charge in [0.15, 0.2) is 0 Å². The molecule has 1 aliphatic carbocycles. The largest absolute Gasteiger partial charge is 0.380 e. The molecule has 0 aromatic heterocycles. The van der Waals surface area contributed by atoms with Gasteiger partial charge in [-0.1, -0.05) is 13.8 Å². The molecule has 1 N–H and O–H groups in total. The lowest BCUT2D eigenvalue weighted by Crippen LogP contribution is -2.33. The van der Waals surface area contributed by atoms with Crippen LogP contribution in [0.1, 0.15) is 33.6 Å². The zero-order valence-electron chi connectivity index (χ0n) is 9.39. The molecule has 0 aliphatic heterocycles. The van der Waals surface area contributed by atoms with Gasteiger partial charge in [-0.3, -0.25) is 0 Å². The summed E-state index contributed by atoms with van der Waals surface area (Å²) in [5.41, 5.74) is 0.619. The molecule has 0 heterocycles. The lowest BCUT2D eigenvalue weighted by atomic mass is 9.92. The van der Waals surface area contributed by atoms with Crippen LogP contribution in [0.25, 0.3) is 0 Å². The Bertz CT molecular complexity index is 152. The van der Waals surface area contributed by atoms with Gasteiger partial charge in [-0.15, -0.1) is 0 Å². The normalized spacial score (nSPS) is 21.9. The number of rotatable bonds is 6. The lowest BCUT2D eigenvalue weighted by Gasteiger charge is -2.21. The van der Waals surface area contributed by atoms with Crippen molar-refractivity contribution in [3.63, 3.8) is 0 Å². The number of ether oxygens (including phenoxy) is 1.